The predicted octanol–water partition coefficient (Wildman–Crippen LogP) is 4.40. The van der Waals surface area contributed by atoms with Crippen LogP contribution in [0, 0.1) is 13.8 Å². The highest BCUT2D eigenvalue weighted by atomic mass is 32.2. The second-order valence-electron chi connectivity index (χ2n) is 6.27. The van der Waals surface area contributed by atoms with Gasteiger partial charge in [0.1, 0.15) is 5.82 Å². The Bertz CT molecular complexity index is 855. The number of aryl methyl sites for hydroxylation is 2. The highest BCUT2D eigenvalue weighted by Gasteiger charge is 2.20. The van der Waals surface area contributed by atoms with E-state index in [0.717, 1.165) is 45.7 Å². The normalized spacial score (nSPS) is 12.3. The van der Waals surface area contributed by atoms with Crippen LogP contribution in [0.15, 0.2) is 42.5 Å². The van der Waals surface area contributed by atoms with Gasteiger partial charge in [0.2, 0.25) is 0 Å². The smallest absolute Gasteiger partial charge is 0.252 e. The van der Waals surface area contributed by atoms with Crippen LogP contribution in [-0.2, 0) is 0 Å². The summed E-state index contributed by atoms with van der Waals surface area (Å²) >= 11 is 1.77. The molecule has 0 radical (unpaired) electrons. The summed E-state index contributed by atoms with van der Waals surface area (Å²) < 4.78 is 0. The van der Waals surface area contributed by atoms with E-state index in [-0.39, 0.29) is 11.9 Å². The molecule has 1 aromatic heterocycles. The number of imidazole rings is 1. The van der Waals surface area contributed by atoms with Gasteiger partial charge >= 0.3 is 0 Å². The third-order valence-electron chi connectivity index (χ3n) is 4.29. The largest absolute Gasteiger partial charge is 0.342 e. The van der Waals surface area contributed by atoms with Gasteiger partial charge in [0.15, 0.2) is 0 Å². The van der Waals surface area contributed by atoms with Crippen LogP contribution in [0.25, 0.3) is 11.0 Å². The maximum atomic E-state index is 12.8. The van der Waals surface area contributed by atoms with Crippen molar-refractivity contribution in [2.24, 2.45) is 0 Å². The minimum Gasteiger partial charge on any atom is -0.342 e. The molecule has 4 nitrogen and oxygen atoms in total. The first-order valence-corrected chi connectivity index (χ1v) is 9.79. The standard InChI is InChI=1S/C20H23N3OS/c1-13-8-9-14(2)15(12-13)20(24)23-18(10-11-25-3)19-21-16-6-4-5-7-17(16)22-19/h4-9,12,18H,10-11H2,1-3H3,(H,21,22)(H,23,24)/t18-/m0/s1. The van der Waals surface area contributed by atoms with Gasteiger partial charge in [-0.05, 0) is 56.0 Å². The molecular weight excluding hydrogens is 330 g/mol. The third kappa shape index (κ3) is 4.04. The number of para-hydroxylation sites is 2. The van der Waals surface area contributed by atoms with Crippen molar-refractivity contribution in [3.63, 3.8) is 0 Å². The molecular formula is C20H23N3OS. The number of rotatable bonds is 6. The summed E-state index contributed by atoms with van der Waals surface area (Å²) in [4.78, 5) is 20.8. The van der Waals surface area contributed by atoms with E-state index in [0.29, 0.717) is 0 Å². The van der Waals surface area contributed by atoms with Crippen LogP contribution < -0.4 is 5.32 Å². The number of nitrogens with one attached hydrogen (secondary N) is 2. The van der Waals surface area contributed by atoms with Crippen molar-refractivity contribution in [1.82, 2.24) is 15.3 Å². The molecule has 0 aliphatic carbocycles. The Morgan fingerprint density at radius 3 is 2.80 bits per heavy atom. The second-order valence-corrected chi connectivity index (χ2v) is 7.25. The van der Waals surface area contributed by atoms with Crippen molar-refractivity contribution in [2.75, 3.05) is 12.0 Å². The topological polar surface area (TPSA) is 57.8 Å². The molecule has 25 heavy (non-hydrogen) atoms. The molecule has 0 spiro atoms. The first-order valence-electron chi connectivity index (χ1n) is 8.40. The molecule has 1 atom stereocenters. The third-order valence-corrected chi connectivity index (χ3v) is 4.94. The Morgan fingerprint density at radius 1 is 1.24 bits per heavy atom. The van der Waals surface area contributed by atoms with Crippen LogP contribution in [-0.4, -0.2) is 27.9 Å². The maximum Gasteiger partial charge on any atom is 0.252 e. The highest BCUT2D eigenvalue weighted by Crippen LogP contribution is 2.21. The quantitative estimate of drug-likeness (QED) is 0.690. The Hall–Kier alpha value is -2.27. The van der Waals surface area contributed by atoms with E-state index < -0.39 is 0 Å². The lowest BCUT2D eigenvalue weighted by Gasteiger charge is -2.17. The number of H-pyrrole nitrogens is 1. The summed E-state index contributed by atoms with van der Waals surface area (Å²) in [6.07, 6.45) is 2.90. The Balaban J connectivity index is 1.87. The molecule has 0 unspecified atom stereocenters. The second kappa shape index (κ2) is 7.74. The summed E-state index contributed by atoms with van der Waals surface area (Å²) in [7, 11) is 0. The van der Waals surface area contributed by atoms with E-state index in [1.54, 1.807) is 11.8 Å². The molecule has 0 aliphatic heterocycles. The molecule has 3 aromatic rings. The van der Waals surface area contributed by atoms with E-state index in [1.807, 2.05) is 56.3 Å². The molecule has 0 fully saturated rings. The zero-order valence-corrected chi connectivity index (χ0v) is 15.6. The van der Waals surface area contributed by atoms with E-state index in [4.69, 9.17) is 0 Å². The first kappa shape index (κ1) is 17.5. The molecule has 130 valence electrons. The van der Waals surface area contributed by atoms with Gasteiger partial charge in [-0.3, -0.25) is 4.79 Å². The average molecular weight is 353 g/mol. The number of hydrogen-bond acceptors (Lipinski definition) is 3. The van der Waals surface area contributed by atoms with Gasteiger partial charge in [-0.1, -0.05) is 29.8 Å². The SMILES string of the molecule is CSCC[C@H](NC(=O)c1cc(C)ccc1C)c1nc2ccccc2[nH]1. The lowest BCUT2D eigenvalue weighted by molar-refractivity contribution is 0.0933. The van der Waals surface area contributed by atoms with E-state index in [2.05, 4.69) is 21.5 Å². The maximum absolute atomic E-state index is 12.8. The van der Waals surface area contributed by atoms with Gasteiger partial charge in [0, 0.05) is 5.56 Å². The van der Waals surface area contributed by atoms with E-state index >= 15 is 0 Å². The average Bonchev–Trinajstić information content (AvgIpc) is 3.04. The number of carbonyl (C=O) groups excluding carboxylic acids is 1. The molecule has 2 N–H and O–H groups in total. The van der Waals surface area contributed by atoms with Crippen LogP contribution in [0.1, 0.15) is 39.8 Å². The molecule has 1 heterocycles. The van der Waals surface area contributed by atoms with Crippen LogP contribution in [0.2, 0.25) is 0 Å². The summed E-state index contributed by atoms with van der Waals surface area (Å²) in [6, 6.07) is 13.8. The molecule has 0 bridgehead atoms. The minimum atomic E-state index is -0.132. The van der Waals surface area contributed by atoms with Gasteiger partial charge < -0.3 is 10.3 Å². The minimum absolute atomic E-state index is 0.0484. The summed E-state index contributed by atoms with van der Waals surface area (Å²) in [5.74, 6) is 1.72. The van der Waals surface area contributed by atoms with Crippen molar-refractivity contribution in [1.29, 1.82) is 0 Å². The first-order chi connectivity index (χ1) is 12.1. The predicted molar refractivity (Wildman–Crippen MR) is 105 cm³/mol. The fraction of sp³-hybridized carbons (Fsp3) is 0.300. The lowest BCUT2D eigenvalue weighted by Crippen LogP contribution is -2.30. The van der Waals surface area contributed by atoms with Crippen molar-refractivity contribution >= 4 is 28.7 Å². The highest BCUT2D eigenvalue weighted by molar-refractivity contribution is 7.98. The van der Waals surface area contributed by atoms with Crippen LogP contribution in [0.5, 0.6) is 0 Å². The van der Waals surface area contributed by atoms with Gasteiger partial charge in [-0.15, -0.1) is 0 Å². The fourth-order valence-corrected chi connectivity index (χ4v) is 3.34. The number of thioether (sulfide) groups is 1. The number of nitrogens with zero attached hydrogens (tertiary/aromatic N) is 1. The number of carbonyl (C=O) groups is 1. The monoisotopic (exact) mass is 353 g/mol. The van der Waals surface area contributed by atoms with Crippen LogP contribution in [0.4, 0.5) is 0 Å². The number of aromatic nitrogens is 2. The van der Waals surface area contributed by atoms with Crippen molar-refractivity contribution < 1.29 is 4.79 Å². The molecule has 1 amide bonds. The lowest BCUT2D eigenvalue weighted by atomic mass is 10.0. The molecule has 2 aromatic carbocycles. The van der Waals surface area contributed by atoms with Gasteiger partial charge in [0.25, 0.3) is 5.91 Å². The molecule has 0 saturated carbocycles. The number of amides is 1. The molecule has 3 rings (SSSR count). The Morgan fingerprint density at radius 2 is 2.04 bits per heavy atom. The number of hydrogen-bond donors (Lipinski definition) is 2. The van der Waals surface area contributed by atoms with E-state index in [9.17, 15) is 4.79 Å². The van der Waals surface area contributed by atoms with E-state index in [1.165, 1.54) is 0 Å². The summed E-state index contributed by atoms with van der Waals surface area (Å²) in [5, 5.41) is 3.17. The number of benzene rings is 2. The number of aromatic amines is 1. The van der Waals surface area contributed by atoms with Gasteiger partial charge in [-0.25, -0.2) is 4.98 Å². The number of fused-ring (bicyclic) bond motifs is 1. The van der Waals surface area contributed by atoms with Gasteiger partial charge in [-0.2, -0.15) is 11.8 Å². The Labute approximate surface area is 152 Å². The zero-order chi connectivity index (χ0) is 17.8. The molecule has 0 saturated heterocycles. The van der Waals surface area contributed by atoms with Crippen LogP contribution in [0.3, 0.4) is 0 Å². The van der Waals surface area contributed by atoms with Crippen molar-refractivity contribution in [3.8, 4) is 0 Å². The Kier molecular flexibility index (Phi) is 5.43. The van der Waals surface area contributed by atoms with Crippen LogP contribution >= 0.6 is 11.8 Å². The van der Waals surface area contributed by atoms with Crippen molar-refractivity contribution in [3.05, 3.63) is 65.0 Å². The van der Waals surface area contributed by atoms with Crippen molar-refractivity contribution in [2.45, 2.75) is 26.3 Å². The van der Waals surface area contributed by atoms with Gasteiger partial charge in [0.05, 0.1) is 17.1 Å². The molecule has 5 heteroatoms. The fourth-order valence-electron chi connectivity index (χ4n) is 2.87. The zero-order valence-electron chi connectivity index (χ0n) is 14.8. The summed E-state index contributed by atoms with van der Waals surface area (Å²) in [6.45, 7) is 3.97. The summed E-state index contributed by atoms with van der Waals surface area (Å²) in [5.41, 5.74) is 4.71. The molecule has 0 aliphatic rings.